The number of rotatable bonds is 2. The van der Waals surface area contributed by atoms with Crippen molar-refractivity contribution >= 4 is 6.16 Å². The second kappa shape index (κ2) is 3.75. The van der Waals surface area contributed by atoms with Crippen LogP contribution < -0.4 is 0 Å². The quantitative estimate of drug-likeness (QED) is 0.616. The lowest BCUT2D eigenvalue weighted by Crippen LogP contribution is -2.02. The minimum atomic E-state index is -0.805. The summed E-state index contributed by atoms with van der Waals surface area (Å²) in [5.74, 6) is 0. The van der Waals surface area contributed by atoms with Gasteiger partial charge in [-0.3, -0.25) is 0 Å². The molecule has 0 bridgehead atoms. The molecule has 0 aromatic carbocycles. The zero-order valence-corrected chi connectivity index (χ0v) is 6.69. The normalized spacial score (nSPS) is 9.50. The van der Waals surface area contributed by atoms with Gasteiger partial charge in [0, 0.05) is 13.2 Å². The maximum Gasteiger partial charge on any atom is 0.508 e. The average Bonchev–Trinajstić information content (AvgIpc) is 2.47. The van der Waals surface area contributed by atoms with E-state index in [1.807, 2.05) is 7.05 Å². The molecule has 1 rings (SSSR count). The summed E-state index contributed by atoms with van der Waals surface area (Å²) in [5.41, 5.74) is 0.669. The maximum atomic E-state index is 10.5. The molecule has 5 heteroatoms. The summed E-state index contributed by atoms with van der Waals surface area (Å²) in [6, 6.07) is 0. The van der Waals surface area contributed by atoms with E-state index in [2.05, 4.69) is 21.6 Å². The number of ether oxygens (including phenoxy) is 2. The van der Waals surface area contributed by atoms with Crippen molar-refractivity contribution in [2.45, 2.75) is 6.61 Å². The van der Waals surface area contributed by atoms with Crippen LogP contribution in [-0.2, 0) is 23.1 Å². The van der Waals surface area contributed by atoms with Gasteiger partial charge < -0.3 is 14.0 Å². The molecule has 65 valence electrons. The smallest absolute Gasteiger partial charge is 0.431 e. The van der Waals surface area contributed by atoms with Gasteiger partial charge in [0.15, 0.2) is 0 Å². The predicted molar refractivity (Wildman–Crippen MR) is 39.8 cm³/mol. The van der Waals surface area contributed by atoms with Crippen molar-refractivity contribution in [3.8, 4) is 0 Å². The Kier molecular flexibility index (Phi) is 2.68. The fourth-order valence-electron chi connectivity index (χ4n) is 0.716. The van der Waals surface area contributed by atoms with E-state index < -0.39 is 6.16 Å². The van der Waals surface area contributed by atoms with Crippen LogP contribution in [0.25, 0.3) is 0 Å². The van der Waals surface area contributed by atoms with E-state index in [0.29, 0.717) is 5.69 Å². The van der Waals surface area contributed by atoms with E-state index in [4.69, 9.17) is 0 Å². The number of carbonyl (C=O) groups is 1. The second-order valence-corrected chi connectivity index (χ2v) is 2.21. The number of nitrogens with zero attached hydrogens (tertiary/aromatic N) is 2. The first-order valence-electron chi connectivity index (χ1n) is 3.28. The van der Waals surface area contributed by atoms with Crippen molar-refractivity contribution in [1.29, 1.82) is 0 Å². The molecule has 0 spiro atoms. The zero-order valence-electron chi connectivity index (χ0n) is 6.69. The Morgan fingerprint density at radius 3 is 3.08 bits per heavy atom. The lowest BCUT2D eigenvalue weighted by Gasteiger charge is -1.98. The van der Waals surface area contributed by atoms with Crippen molar-refractivity contribution in [3.05, 3.63) is 25.3 Å². The molecule has 0 unspecified atom stereocenters. The monoisotopic (exact) mass is 169 g/mol. The lowest BCUT2D eigenvalue weighted by atomic mass is 10.5. The number of aromatic nitrogens is 2. The standard InChI is InChI=1S/C7H9N2O3/c1-9-3-6(8-5-9)4-12-7(10)11-2/h3,5H,2,4H2,1H3. The van der Waals surface area contributed by atoms with E-state index in [9.17, 15) is 4.79 Å². The molecule has 0 aliphatic heterocycles. The molecule has 0 atom stereocenters. The first kappa shape index (κ1) is 8.58. The SMILES string of the molecule is [CH2]OC(=O)OCc1cn(C)cn1. The summed E-state index contributed by atoms with van der Waals surface area (Å²) in [6.45, 7) is 0.106. The third-order valence-electron chi connectivity index (χ3n) is 1.21. The molecule has 0 aliphatic rings. The highest BCUT2D eigenvalue weighted by Crippen LogP contribution is 1.97. The van der Waals surface area contributed by atoms with Gasteiger partial charge in [-0.2, -0.15) is 0 Å². The number of carbonyl (C=O) groups excluding carboxylic acids is 1. The summed E-state index contributed by atoms with van der Waals surface area (Å²) in [7, 11) is 4.73. The van der Waals surface area contributed by atoms with E-state index in [1.54, 1.807) is 17.1 Å². The van der Waals surface area contributed by atoms with Gasteiger partial charge in [0.2, 0.25) is 0 Å². The highest BCUT2D eigenvalue weighted by atomic mass is 16.7. The van der Waals surface area contributed by atoms with Gasteiger partial charge in [0.1, 0.15) is 13.7 Å². The predicted octanol–water partition coefficient (Wildman–Crippen LogP) is 0.865. The lowest BCUT2D eigenvalue weighted by molar-refractivity contribution is 0.0760. The first-order chi connectivity index (χ1) is 5.72. The average molecular weight is 169 g/mol. The minimum absolute atomic E-state index is 0.106. The Hall–Kier alpha value is -1.52. The zero-order chi connectivity index (χ0) is 8.97. The third kappa shape index (κ3) is 2.26. The molecule has 0 saturated carbocycles. The molecule has 0 fully saturated rings. The maximum absolute atomic E-state index is 10.5. The van der Waals surface area contributed by atoms with E-state index in [1.165, 1.54) is 0 Å². The first-order valence-corrected chi connectivity index (χ1v) is 3.28. The van der Waals surface area contributed by atoms with Gasteiger partial charge >= 0.3 is 6.16 Å². The summed E-state index contributed by atoms with van der Waals surface area (Å²) in [5, 5.41) is 0. The molecule has 12 heavy (non-hydrogen) atoms. The van der Waals surface area contributed by atoms with Crippen molar-refractivity contribution in [2.75, 3.05) is 0 Å². The van der Waals surface area contributed by atoms with Crippen LogP contribution in [0.4, 0.5) is 4.79 Å². The second-order valence-electron chi connectivity index (χ2n) is 2.21. The third-order valence-corrected chi connectivity index (χ3v) is 1.21. The highest BCUT2D eigenvalue weighted by molar-refractivity contribution is 5.59. The molecule has 0 N–H and O–H groups in total. The van der Waals surface area contributed by atoms with Crippen LogP contribution in [0.2, 0.25) is 0 Å². The Labute approximate surface area is 69.9 Å². The Bertz CT molecular complexity index is 269. The van der Waals surface area contributed by atoms with Gasteiger partial charge in [-0.05, 0) is 0 Å². The van der Waals surface area contributed by atoms with Crippen LogP contribution >= 0.6 is 0 Å². The molecule has 0 aliphatic carbocycles. The fraction of sp³-hybridized carbons (Fsp3) is 0.286. The summed E-state index contributed by atoms with van der Waals surface area (Å²) in [4.78, 5) is 14.4. The van der Waals surface area contributed by atoms with Crippen LogP contribution in [-0.4, -0.2) is 15.7 Å². The van der Waals surface area contributed by atoms with E-state index in [-0.39, 0.29) is 6.61 Å². The molecular formula is C7H9N2O3. The van der Waals surface area contributed by atoms with E-state index >= 15 is 0 Å². The molecule has 1 heterocycles. The van der Waals surface area contributed by atoms with Gasteiger partial charge in [-0.1, -0.05) is 0 Å². The van der Waals surface area contributed by atoms with E-state index in [0.717, 1.165) is 0 Å². The van der Waals surface area contributed by atoms with Crippen molar-refractivity contribution in [3.63, 3.8) is 0 Å². The summed E-state index contributed by atoms with van der Waals surface area (Å²) in [6.07, 6.45) is 2.56. The summed E-state index contributed by atoms with van der Waals surface area (Å²) >= 11 is 0. The molecule has 1 radical (unpaired) electrons. The molecule has 1 aromatic heterocycles. The van der Waals surface area contributed by atoms with Crippen LogP contribution in [0.1, 0.15) is 5.69 Å². The molecule has 0 amide bonds. The number of hydrogen-bond donors (Lipinski definition) is 0. The molecule has 1 aromatic rings. The fourth-order valence-corrected chi connectivity index (χ4v) is 0.716. The van der Waals surface area contributed by atoms with Crippen molar-refractivity contribution in [1.82, 2.24) is 9.55 Å². The number of imidazole rings is 1. The van der Waals surface area contributed by atoms with Gasteiger partial charge in [-0.15, -0.1) is 0 Å². The van der Waals surface area contributed by atoms with Gasteiger partial charge in [0.05, 0.1) is 12.0 Å². The highest BCUT2D eigenvalue weighted by Gasteiger charge is 2.02. The van der Waals surface area contributed by atoms with Gasteiger partial charge in [0.25, 0.3) is 0 Å². The largest absolute Gasteiger partial charge is 0.508 e. The van der Waals surface area contributed by atoms with Crippen molar-refractivity contribution < 1.29 is 14.3 Å². The van der Waals surface area contributed by atoms with Crippen LogP contribution in [0.15, 0.2) is 12.5 Å². The van der Waals surface area contributed by atoms with Crippen LogP contribution in [0, 0.1) is 7.11 Å². The van der Waals surface area contributed by atoms with Crippen molar-refractivity contribution in [2.24, 2.45) is 7.05 Å². The number of aryl methyl sites for hydroxylation is 1. The van der Waals surface area contributed by atoms with Gasteiger partial charge in [-0.25, -0.2) is 9.78 Å². The van der Waals surface area contributed by atoms with Crippen LogP contribution in [0.3, 0.4) is 0 Å². The Morgan fingerprint density at radius 1 is 1.83 bits per heavy atom. The Morgan fingerprint density at radius 2 is 2.58 bits per heavy atom. The molecule has 0 saturated heterocycles. The minimum Gasteiger partial charge on any atom is -0.431 e. The molecular weight excluding hydrogens is 160 g/mol. The van der Waals surface area contributed by atoms with Crippen LogP contribution in [0.5, 0.6) is 0 Å². The summed E-state index contributed by atoms with van der Waals surface area (Å²) < 4.78 is 10.4. The Balaban J connectivity index is 2.38. The molecule has 5 nitrogen and oxygen atoms in total. The topological polar surface area (TPSA) is 53.4 Å². The number of hydrogen-bond acceptors (Lipinski definition) is 4.